The summed E-state index contributed by atoms with van der Waals surface area (Å²) in [4.78, 5) is 0. The Labute approximate surface area is 158 Å². The van der Waals surface area contributed by atoms with E-state index in [9.17, 15) is 0 Å². The molecule has 1 heterocycles. The maximum atomic E-state index is 6.31. The Morgan fingerprint density at radius 2 is 1.15 bits per heavy atom. The third-order valence-electron chi connectivity index (χ3n) is 4.54. The van der Waals surface area contributed by atoms with E-state index < -0.39 is 0 Å². The van der Waals surface area contributed by atoms with Crippen molar-refractivity contribution < 1.29 is 13.9 Å². The summed E-state index contributed by atoms with van der Waals surface area (Å²) in [6.07, 6.45) is 0. The van der Waals surface area contributed by atoms with E-state index in [1.54, 1.807) is 14.2 Å². The van der Waals surface area contributed by atoms with E-state index in [0.29, 0.717) is 0 Å². The fourth-order valence-corrected chi connectivity index (χ4v) is 3.08. The van der Waals surface area contributed by atoms with Gasteiger partial charge in [-0.05, 0) is 60.2 Å². The lowest BCUT2D eigenvalue weighted by atomic mass is 10.0. The van der Waals surface area contributed by atoms with E-state index in [-0.39, 0.29) is 0 Å². The van der Waals surface area contributed by atoms with Crippen LogP contribution in [0.4, 0.5) is 0 Å². The van der Waals surface area contributed by atoms with Crippen molar-refractivity contribution in [2.45, 2.75) is 0 Å². The quantitative estimate of drug-likeness (QED) is 0.421. The lowest BCUT2D eigenvalue weighted by Gasteiger charge is -2.05. The molecule has 0 saturated carbocycles. The van der Waals surface area contributed by atoms with Crippen LogP contribution < -0.4 is 9.47 Å². The van der Waals surface area contributed by atoms with Gasteiger partial charge in [0.05, 0.1) is 14.2 Å². The minimum atomic E-state index is 0.821. The van der Waals surface area contributed by atoms with Gasteiger partial charge in [-0.2, -0.15) is 0 Å². The molecule has 27 heavy (non-hydrogen) atoms. The lowest BCUT2D eigenvalue weighted by Crippen LogP contribution is -1.83. The van der Waals surface area contributed by atoms with Crippen LogP contribution in [0.15, 0.2) is 89.3 Å². The molecule has 0 radical (unpaired) electrons. The summed E-state index contributed by atoms with van der Waals surface area (Å²) in [6, 6.07) is 28.2. The van der Waals surface area contributed by atoms with Crippen LogP contribution in [0.1, 0.15) is 0 Å². The highest BCUT2D eigenvalue weighted by Gasteiger charge is 2.16. The number of furan rings is 1. The van der Waals surface area contributed by atoms with Crippen LogP contribution in [0.25, 0.3) is 33.8 Å². The predicted molar refractivity (Wildman–Crippen MR) is 108 cm³/mol. The second kappa shape index (κ2) is 7.42. The smallest absolute Gasteiger partial charge is 0.142 e. The number of hydrogen-bond acceptors (Lipinski definition) is 3. The van der Waals surface area contributed by atoms with Crippen LogP contribution in [0.2, 0.25) is 0 Å². The van der Waals surface area contributed by atoms with Crippen LogP contribution >= 0.6 is 0 Å². The highest BCUT2D eigenvalue weighted by molar-refractivity contribution is 5.83. The van der Waals surface area contributed by atoms with E-state index >= 15 is 0 Å². The monoisotopic (exact) mass is 356 g/mol. The van der Waals surface area contributed by atoms with Gasteiger partial charge in [0.15, 0.2) is 0 Å². The number of rotatable bonds is 5. The van der Waals surface area contributed by atoms with Crippen LogP contribution in [-0.4, -0.2) is 14.2 Å². The first-order valence-electron chi connectivity index (χ1n) is 8.76. The Balaban J connectivity index is 1.83. The van der Waals surface area contributed by atoms with Gasteiger partial charge in [0.25, 0.3) is 0 Å². The Hall–Kier alpha value is -3.46. The van der Waals surface area contributed by atoms with Gasteiger partial charge in [0.2, 0.25) is 0 Å². The molecule has 3 aromatic carbocycles. The molecule has 0 aliphatic rings. The van der Waals surface area contributed by atoms with E-state index in [1.165, 1.54) is 0 Å². The van der Waals surface area contributed by atoms with Crippen molar-refractivity contribution in [3.8, 4) is 45.3 Å². The van der Waals surface area contributed by atoms with Crippen molar-refractivity contribution in [3.05, 3.63) is 84.9 Å². The zero-order chi connectivity index (χ0) is 18.6. The average molecular weight is 356 g/mol. The fraction of sp³-hybridized carbons (Fsp3) is 0.0833. The Morgan fingerprint density at radius 3 is 1.70 bits per heavy atom. The third kappa shape index (κ3) is 3.44. The zero-order valence-corrected chi connectivity index (χ0v) is 15.3. The molecule has 0 saturated heterocycles. The molecule has 0 aliphatic heterocycles. The Bertz CT molecular complexity index is 1010. The molecule has 0 amide bonds. The number of methoxy groups -OCH3 is 2. The predicted octanol–water partition coefficient (Wildman–Crippen LogP) is 6.30. The van der Waals surface area contributed by atoms with Gasteiger partial charge in [-0.15, -0.1) is 0 Å². The summed E-state index contributed by atoms with van der Waals surface area (Å²) in [5.41, 5.74) is 4.19. The maximum Gasteiger partial charge on any atom is 0.142 e. The van der Waals surface area contributed by atoms with E-state index in [2.05, 4.69) is 18.2 Å². The second-order valence-electron chi connectivity index (χ2n) is 6.18. The normalized spacial score (nSPS) is 10.6. The van der Waals surface area contributed by atoms with E-state index in [0.717, 1.165) is 45.3 Å². The van der Waals surface area contributed by atoms with Gasteiger partial charge < -0.3 is 13.9 Å². The van der Waals surface area contributed by atoms with E-state index in [1.807, 2.05) is 66.7 Å². The van der Waals surface area contributed by atoms with Gasteiger partial charge in [0.1, 0.15) is 23.0 Å². The Kier molecular flexibility index (Phi) is 4.67. The van der Waals surface area contributed by atoms with Crippen LogP contribution in [0.5, 0.6) is 11.5 Å². The molecule has 3 nitrogen and oxygen atoms in total. The van der Waals surface area contributed by atoms with Crippen molar-refractivity contribution in [3.63, 3.8) is 0 Å². The van der Waals surface area contributed by atoms with Crippen LogP contribution in [0.3, 0.4) is 0 Å². The topological polar surface area (TPSA) is 31.6 Å². The molecule has 4 aromatic rings. The molecule has 0 spiro atoms. The van der Waals surface area contributed by atoms with Gasteiger partial charge in [0, 0.05) is 16.7 Å². The minimum absolute atomic E-state index is 0.821. The first-order valence-corrected chi connectivity index (χ1v) is 8.76. The van der Waals surface area contributed by atoms with Gasteiger partial charge >= 0.3 is 0 Å². The summed E-state index contributed by atoms with van der Waals surface area (Å²) >= 11 is 0. The second-order valence-corrected chi connectivity index (χ2v) is 6.18. The van der Waals surface area contributed by atoms with Crippen molar-refractivity contribution in [1.82, 2.24) is 0 Å². The molecule has 3 heteroatoms. The van der Waals surface area contributed by atoms with Gasteiger partial charge in [-0.1, -0.05) is 30.3 Å². The van der Waals surface area contributed by atoms with E-state index in [4.69, 9.17) is 13.9 Å². The highest BCUT2D eigenvalue weighted by atomic mass is 16.5. The van der Waals surface area contributed by atoms with Crippen molar-refractivity contribution in [2.75, 3.05) is 14.2 Å². The number of hydrogen-bond donors (Lipinski definition) is 0. The summed E-state index contributed by atoms with van der Waals surface area (Å²) in [7, 11) is 3.33. The zero-order valence-electron chi connectivity index (χ0n) is 15.3. The molecular formula is C24H20O3. The van der Waals surface area contributed by atoms with Crippen molar-refractivity contribution in [2.24, 2.45) is 0 Å². The molecule has 0 atom stereocenters. The molecule has 4 rings (SSSR count). The van der Waals surface area contributed by atoms with Gasteiger partial charge in [-0.3, -0.25) is 0 Å². The molecular weight excluding hydrogens is 336 g/mol. The average Bonchev–Trinajstić information content (AvgIpc) is 3.20. The van der Waals surface area contributed by atoms with Crippen LogP contribution in [-0.2, 0) is 0 Å². The first kappa shape index (κ1) is 17.0. The number of benzene rings is 3. The SMILES string of the molecule is COc1ccc(-c2cc(-c3ccccc3)c(-c3ccc(OC)cc3)o2)cc1. The first-order chi connectivity index (χ1) is 13.3. The molecule has 134 valence electrons. The molecule has 0 N–H and O–H groups in total. The minimum Gasteiger partial charge on any atom is -0.497 e. The third-order valence-corrected chi connectivity index (χ3v) is 4.54. The Morgan fingerprint density at radius 1 is 0.593 bits per heavy atom. The van der Waals surface area contributed by atoms with Gasteiger partial charge in [-0.25, -0.2) is 0 Å². The van der Waals surface area contributed by atoms with Crippen molar-refractivity contribution >= 4 is 0 Å². The van der Waals surface area contributed by atoms with Crippen LogP contribution in [0, 0.1) is 0 Å². The standard InChI is InChI=1S/C24H20O3/c1-25-20-12-8-18(9-13-20)23-16-22(17-6-4-3-5-7-17)24(27-23)19-10-14-21(26-2)15-11-19/h3-16H,1-2H3. The summed E-state index contributed by atoms with van der Waals surface area (Å²) < 4.78 is 16.8. The summed E-state index contributed by atoms with van der Waals surface area (Å²) in [6.45, 7) is 0. The largest absolute Gasteiger partial charge is 0.497 e. The number of ether oxygens (including phenoxy) is 2. The lowest BCUT2D eigenvalue weighted by molar-refractivity contribution is 0.415. The molecule has 1 aromatic heterocycles. The highest BCUT2D eigenvalue weighted by Crippen LogP contribution is 2.39. The fourth-order valence-electron chi connectivity index (χ4n) is 3.08. The molecule has 0 fully saturated rings. The molecule has 0 aliphatic carbocycles. The summed E-state index contributed by atoms with van der Waals surface area (Å²) in [5.74, 6) is 3.31. The molecule has 0 bridgehead atoms. The maximum absolute atomic E-state index is 6.31. The van der Waals surface area contributed by atoms with Crippen molar-refractivity contribution in [1.29, 1.82) is 0 Å². The molecule has 0 unspecified atom stereocenters. The summed E-state index contributed by atoms with van der Waals surface area (Å²) in [5, 5.41) is 0.